The van der Waals surface area contributed by atoms with Gasteiger partial charge in [0.05, 0.1) is 0 Å². The summed E-state index contributed by atoms with van der Waals surface area (Å²) < 4.78 is 5.41. The normalized spacial score (nSPS) is 31.9. The number of β-lactam (4-membered cyclic amide) rings is 1. The second kappa shape index (κ2) is 6.15. The predicted molar refractivity (Wildman–Crippen MR) is 76.1 cm³/mol. The van der Waals surface area contributed by atoms with Gasteiger partial charge in [0.15, 0.2) is 0 Å². The number of aliphatic carboxylic acids is 1. The number of methoxy groups -OCH3 is 1. The van der Waals surface area contributed by atoms with E-state index in [0.29, 0.717) is 6.54 Å². The molecule has 20 heavy (non-hydrogen) atoms. The van der Waals surface area contributed by atoms with Crippen LogP contribution in [0.4, 0.5) is 0 Å². The Balaban J connectivity index is 2.07. The molecule has 0 aromatic heterocycles. The number of ether oxygens (including phenoxy) is 1. The molecule has 6 nitrogen and oxygen atoms in total. The van der Waals surface area contributed by atoms with Crippen molar-refractivity contribution in [1.29, 1.82) is 0 Å². The number of fused-ring (bicyclic) bond motifs is 1. The van der Waals surface area contributed by atoms with E-state index in [4.69, 9.17) is 9.84 Å². The van der Waals surface area contributed by atoms with Gasteiger partial charge in [0, 0.05) is 7.11 Å². The Kier molecular flexibility index (Phi) is 4.72. The van der Waals surface area contributed by atoms with Crippen molar-refractivity contribution in [3.8, 4) is 0 Å². The number of carbonyl (C=O) groups excluding carboxylic acids is 1. The lowest BCUT2D eigenvalue weighted by Crippen LogP contribution is -2.81. The minimum atomic E-state index is -1.09. The van der Waals surface area contributed by atoms with Crippen molar-refractivity contribution < 1.29 is 19.4 Å². The van der Waals surface area contributed by atoms with Crippen molar-refractivity contribution in [1.82, 2.24) is 10.2 Å². The molecule has 2 rings (SSSR count). The minimum absolute atomic E-state index is 0.300. The van der Waals surface area contributed by atoms with Gasteiger partial charge in [0.25, 0.3) is 5.91 Å². The van der Waals surface area contributed by atoms with Crippen LogP contribution in [0.3, 0.4) is 0 Å². The summed E-state index contributed by atoms with van der Waals surface area (Å²) in [6, 6.07) is -0.894. The van der Waals surface area contributed by atoms with E-state index in [0.717, 1.165) is 19.3 Å². The fourth-order valence-electron chi connectivity index (χ4n) is 2.53. The molecule has 1 saturated heterocycles. The topological polar surface area (TPSA) is 78.9 Å². The summed E-state index contributed by atoms with van der Waals surface area (Å²) in [5, 5.41) is 13.7. The molecule has 112 valence electrons. The molecule has 7 heteroatoms. The van der Waals surface area contributed by atoms with E-state index in [-0.39, 0.29) is 11.3 Å². The highest BCUT2D eigenvalue weighted by atomic mass is 32.2. The monoisotopic (exact) mass is 300 g/mol. The number of thioether (sulfide) groups is 1. The van der Waals surface area contributed by atoms with Crippen LogP contribution in [0.5, 0.6) is 0 Å². The van der Waals surface area contributed by atoms with Crippen molar-refractivity contribution in [2.45, 2.75) is 43.3 Å². The third kappa shape index (κ3) is 2.34. The molecule has 0 aromatic carbocycles. The summed E-state index contributed by atoms with van der Waals surface area (Å²) in [5.74, 6) is -1.32. The number of nitrogens with one attached hydrogen (secondary N) is 1. The summed E-state index contributed by atoms with van der Waals surface area (Å²) in [7, 11) is 1.48. The first-order chi connectivity index (χ1) is 9.58. The van der Waals surface area contributed by atoms with Crippen molar-refractivity contribution in [2.24, 2.45) is 0 Å². The number of unbranched alkanes of at least 4 members (excludes halogenated alkanes) is 2. The standard InChI is InChI=1S/C13H20N2O4S/c1-3-4-5-7-14-13(19-2)11(18)15-9(10(16)17)6-8-20-12(13)15/h6,8-9,12,14H,3-5,7H2,1-2H3,(H,16,17)/t9?,12-,13?/m0/s1. The summed E-state index contributed by atoms with van der Waals surface area (Å²) >= 11 is 1.41. The number of rotatable bonds is 7. The van der Waals surface area contributed by atoms with Gasteiger partial charge < -0.3 is 14.7 Å². The van der Waals surface area contributed by atoms with Gasteiger partial charge in [-0.1, -0.05) is 19.8 Å². The molecule has 1 amide bonds. The predicted octanol–water partition coefficient (Wildman–Crippen LogP) is 0.991. The van der Waals surface area contributed by atoms with Crippen molar-refractivity contribution in [3.63, 3.8) is 0 Å². The molecular formula is C13H20N2O4S. The Morgan fingerprint density at radius 1 is 1.60 bits per heavy atom. The molecule has 0 saturated carbocycles. The molecule has 0 spiro atoms. The Labute approximate surface area is 122 Å². The van der Waals surface area contributed by atoms with Crippen LogP contribution in [-0.4, -0.2) is 52.7 Å². The van der Waals surface area contributed by atoms with Crippen LogP contribution in [0.2, 0.25) is 0 Å². The average Bonchev–Trinajstić information content (AvgIpc) is 2.46. The number of carboxylic acid groups (broad SMARTS) is 1. The highest BCUT2D eigenvalue weighted by Gasteiger charge is 2.65. The van der Waals surface area contributed by atoms with E-state index in [2.05, 4.69) is 12.2 Å². The summed E-state index contributed by atoms with van der Waals surface area (Å²) in [4.78, 5) is 24.9. The zero-order valence-corrected chi connectivity index (χ0v) is 12.5. The van der Waals surface area contributed by atoms with E-state index >= 15 is 0 Å². The third-order valence-electron chi connectivity index (χ3n) is 3.66. The van der Waals surface area contributed by atoms with Gasteiger partial charge >= 0.3 is 5.97 Å². The number of hydrogen-bond donors (Lipinski definition) is 2. The quantitative estimate of drug-likeness (QED) is 0.415. The van der Waals surface area contributed by atoms with Crippen LogP contribution in [0.15, 0.2) is 11.5 Å². The molecule has 0 aliphatic carbocycles. The molecular weight excluding hydrogens is 280 g/mol. The highest BCUT2D eigenvalue weighted by Crippen LogP contribution is 2.44. The van der Waals surface area contributed by atoms with Gasteiger partial charge in [0.1, 0.15) is 11.4 Å². The Hall–Kier alpha value is -1.05. The van der Waals surface area contributed by atoms with Gasteiger partial charge in [-0.25, -0.2) is 4.79 Å². The second-order valence-electron chi connectivity index (χ2n) is 4.89. The Morgan fingerprint density at radius 3 is 2.95 bits per heavy atom. The van der Waals surface area contributed by atoms with E-state index in [1.54, 1.807) is 5.41 Å². The van der Waals surface area contributed by atoms with Crippen LogP contribution in [0, 0.1) is 0 Å². The largest absolute Gasteiger partial charge is 0.479 e. The maximum atomic E-state index is 12.4. The minimum Gasteiger partial charge on any atom is -0.479 e. The SMILES string of the molecule is CCCCCNC1(OC)C(=O)N2C(C(=O)O)C=CS[C@H]21. The first-order valence-electron chi connectivity index (χ1n) is 6.76. The lowest BCUT2D eigenvalue weighted by atomic mass is 9.97. The van der Waals surface area contributed by atoms with E-state index in [9.17, 15) is 9.59 Å². The summed E-state index contributed by atoms with van der Waals surface area (Å²) in [6.45, 7) is 2.79. The number of nitrogens with zero attached hydrogens (tertiary/aromatic N) is 1. The van der Waals surface area contributed by atoms with Crippen LogP contribution < -0.4 is 5.32 Å². The first kappa shape index (κ1) is 15.3. The zero-order chi connectivity index (χ0) is 14.8. The fraction of sp³-hybridized carbons (Fsp3) is 0.692. The number of amides is 1. The van der Waals surface area contributed by atoms with Crippen LogP contribution in [0.1, 0.15) is 26.2 Å². The maximum Gasteiger partial charge on any atom is 0.330 e. The van der Waals surface area contributed by atoms with Gasteiger partial charge in [0.2, 0.25) is 5.72 Å². The molecule has 2 aliphatic heterocycles. The molecule has 3 atom stereocenters. The lowest BCUT2D eigenvalue weighted by Gasteiger charge is -2.56. The van der Waals surface area contributed by atoms with Crippen LogP contribution in [-0.2, 0) is 14.3 Å². The lowest BCUT2D eigenvalue weighted by molar-refractivity contribution is -0.200. The van der Waals surface area contributed by atoms with Gasteiger partial charge in [-0.15, -0.1) is 11.8 Å². The Bertz CT molecular complexity index is 429. The zero-order valence-electron chi connectivity index (χ0n) is 11.7. The number of carboxylic acids is 1. The van der Waals surface area contributed by atoms with Crippen LogP contribution >= 0.6 is 11.8 Å². The molecule has 0 radical (unpaired) electrons. The second-order valence-corrected chi connectivity index (χ2v) is 5.88. The molecule has 2 N–H and O–H groups in total. The summed E-state index contributed by atoms with van der Waals surface area (Å²) in [5.41, 5.74) is -1.09. The molecule has 2 unspecified atom stereocenters. The van der Waals surface area contributed by atoms with Crippen molar-refractivity contribution in [2.75, 3.05) is 13.7 Å². The molecule has 0 aromatic rings. The summed E-state index contributed by atoms with van der Waals surface area (Å²) in [6.07, 6.45) is 4.67. The van der Waals surface area contributed by atoms with Gasteiger partial charge in [-0.2, -0.15) is 0 Å². The molecule has 1 fully saturated rings. The maximum absolute atomic E-state index is 12.4. The van der Waals surface area contributed by atoms with Gasteiger partial charge in [-0.05, 0) is 24.4 Å². The van der Waals surface area contributed by atoms with E-state index in [1.165, 1.54) is 29.8 Å². The molecule has 0 bridgehead atoms. The molecule has 2 heterocycles. The number of carbonyl (C=O) groups is 2. The van der Waals surface area contributed by atoms with Crippen molar-refractivity contribution in [3.05, 3.63) is 11.5 Å². The van der Waals surface area contributed by atoms with E-state index < -0.39 is 17.7 Å². The average molecular weight is 300 g/mol. The number of hydrogen-bond acceptors (Lipinski definition) is 5. The highest BCUT2D eigenvalue weighted by molar-refractivity contribution is 8.02. The van der Waals surface area contributed by atoms with E-state index in [1.807, 2.05) is 0 Å². The smallest absolute Gasteiger partial charge is 0.330 e. The molecule has 2 aliphatic rings. The first-order valence-corrected chi connectivity index (χ1v) is 7.70. The Morgan fingerprint density at radius 2 is 2.35 bits per heavy atom. The van der Waals surface area contributed by atoms with Gasteiger partial charge in [-0.3, -0.25) is 10.1 Å². The van der Waals surface area contributed by atoms with Crippen molar-refractivity contribution >= 4 is 23.6 Å². The fourth-order valence-corrected chi connectivity index (χ4v) is 3.75. The van der Waals surface area contributed by atoms with Crippen LogP contribution in [0.25, 0.3) is 0 Å². The third-order valence-corrected chi connectivity index (χ3v) is 4.79.